The molecule has 0 saturated heterocycles. The molecule has 0 aromatic heterocycles. The fourth-order valence-electron chi connectivity index (χ4n) is 7.61. The average Bonchev–Trinajstić information content (AvgIpc) is 3.11. The predicted octanol–water partition coefficient (Wildman–Crippen LogP) is 5.03. The first-order valence-electron chi connectivity index (χ1n) is 11.2. The van der Waals surface area contributed by atoms with Gasteiger partial charge in [0.25, 0.3) is 0 Å². The van der Waals surface area contributed by atoms with Crippen LogP contribution in [0.4, 0.5) is 0 Å². The third-order valence-corrected chi connectivity index (χ3v) is 9.79. The van der Waals surface area contributed by atoms with Gasteiger partial charge in [-0.1, -0.05) is 42.5 Å². The summed E-state index contributed by atoms with van der Waals surface area (Å²) < 4.78 is 0. The van der Waals surface area contributed by atoms with E-state index in [1.165, 1.54) is 61.9 Å². The van der Waals surface area contributed by atoms with Crippen molar-refractivity contribution in [2.45, 2.75) is 62.8 Å². The monoisotopic (exact) mass is 416 g/mol. The minimum absolute atomic E-state index is 0.179. The minimum atomic E-state index is 0.179. The largest absolute Gasteiger partial charge is 0.376 e. The van der Waals surface area contributed by atoms with E-state index in [1.54, 1.807) is 0 Å². The Morgan fingerprint density at radius 1 is 1.11 bits per heavy atom. The molecule has 152 valence electrons. The fraction of sp³-hybridized carbons (Fsp3) is 0.708. The Bertz CT molecular complexity index is 731. The summed E-state index contributed by atoms with van der Waals surface area (Å²) in [6.45, 7) is 0.835. The average molecular weight is 417 g/mol. The summed E-state index contributed by atoms with van der Waals surface area (Å²) in [4.78, 5) is 1.17. The summed E-state index contributed by atoms with van der Waals surface area (Å²) in [5, 5.41) is 3.87. The van der Waals surface area contributed by atoms with Gasteiger partial charge in [-0.2, -0.15) is 0 Å². The Hall–Kier alpha value is -0.640. The zero-order valence-electron chi connectivity index (χ0n) is 16.7. The SMILES string of the molecule is NCC1CCC(NC(=S)C23CC4CC(c5ccccc5)(CC2C4CCl)C3)CC1. The van der Waals surface area contributed by atoms with Crippen LogP contribution >= 0.6 is 23.8 Å². The van der Waals surface area contributed by atoms with Crippen LogP contribution in [0.2, 0.25) is 0 Å². The maximum Gasteiger partial charge on any atom is 0.0821 e. The van der Waals surface area contributed by atoms with E-state index in [0.29, 0.717) is 29.2 Å². The predicted molar refractivity (Wildman–Crippen MR) is 121 cm³/mol. The summed E-state index contributed by atoms with van der Waals surface area (Å²) in [6.07, 6.45) is 9.98. The van der Waals surface area contributed by atoms with E-state index >= 15 is 0 Å². The Morgan fingerprint density at radius 3 is 2.54 bits per heavy atom. The zero-order chi connectivity index (χ0) is 19.4. The Morgan fingerprint density at radius 2 is 1.86 bits per heavy atom. The third-order valence-electron chi connectivity index (χ3n) is 8.91. The van der Waals surface area contributed by atoms with Crippen molar-refractivity contribution in [2.75, 3.05) is 12.4 Å². The second-order valence-electron chi connectivity index (χ2n) is 10.2. The van der Waals surface area contributed by atoms with Gasteiger partial charge in [0.05, 0.1) is 4.99 Å². The van der Waals surface area contributed by atoms with E-state index in [1.807, 2.05) is 0 Å². The topological polar surface area (TPSA) is 38.0 Å². The van der Waals surface area contributed by atoms with Crippen LogP contribution in [-0.2, 0) is 5.41 Å². The number of nitrogens with one attached hydrogen (secondary N) is 1. The molecule has 1 aromatic rings. The zero-order valence-corrected chi connectivity index (χ0v) is 18.3. The molecule has 3 N–H and O–H groups in total. The van der Waals surface area contributed by atoms with Gasteiger partial charge in [-0.25, -0.2) is 0 Å². The first-order chi connectivity index (χ1) is 13.6. The summed E-state index contributed by atoms with van der Waals surface area (Å²) in [7, 11) is 0. The molecule has 4 bridgehead atoms. The molecule has 6 rings (SSSR count). The normalized spacial score (nSPS) is 44.0. The van der Waals surface area contributed by atoms with Crippen molar-refractivity contribution < 1.29 is 0 Å². The number of halogens is 1. The van der Waals surface area contributed by atoms with Gasteiger partial charge in [0.2, 0.25) is 0 Å². The molecule has 1 aromatic carbocycles. The van der Waals surface area contributed by atoms with Gasteiger partial charge in [-0.3, -0.25) is 0 Å². The number of hydrogen-bond acceptors (Lipinski definition) is 2. The van der Waals surface area contributed by atoms with E-state index < -0.39 is 0 Å². The first kappa shape index (κ1) is 19.3. The molecular formula is C24H33ClN2S. The molecule has 5 unspecified atom stereocenters. The number of nitrogens with two attached hydrogens (primary N) is 1. The molecule has 5 saturated carbocycles. The summed E-state index contributed by atoms with van der Waals surface area (Å²) >= 11 is 12.7. The van der Waals surface area contributed by atoms with Gasteiger partial charge in [0.1, 0.15) is 0 Å². The van der Waals surface area contributed by atoms with Gasteiger partial charge in [-0.05, 0) is 92.6 Å². The van der Waals surface area contributed by atoms with Gasteiger partial charge in [0.15, 0.2) is 0 Å². The van der Waals surface area contributed by atoms with E-state index in [0.717, 1.165) is 18.3 Å². The molecule has 0 aliphatic heterocycles. The molecule has 0 heterocycles. The first-order valence-corrected chi connectivity index (χ1v) is 12.2. The fourth-order valence-corrected chi connectivity index (χ4v) is 8.55. The Labute approximate surface area is 180 Å². The molecule has 5 atom stereocenters. The van der Waals surface area contributed by atoms with Crippen molar-refractivity contribution in [1.82, 2.24) is 5.32 Å². The van der Waals surface area contributed by atoms with E-state index in [4.69, 9.17) is 29.6 Å². The van der Waals surface area contributed by atoms with E-state index in [9.17, 15) is 0 Å². The molecule has 5 aliphatic carbocycles. The van der Waals surface area contributed by atoms with Crippen LogP contribution in [0.5, 0.6) is 0 Å². The van der Waals surface area contributed by atoms with Crippen molar-refractivity contribution in [1.29, 1.82) is 0 Å². The maximum absolute atomic E-state index is 6.50. The number of thiocarbonyl (C=S) groups is 1. The minimum Gasteiger partial charge on any atom is -0.376 e. The summed E-state index contributed by atoms with van der Waals surface area (Å²) in [5.74, 6) is 3.55. The smallest absolute Gasteiger partial charge is 0.0821 e. The highest BCUT2D eigenvalue weighted by molar-refractivity contribution is 7.80. The molecular weight excluding hydrogens is 384 g/mol. The van der Waals surface area contributed by atoms with Crippen LogP contribution in [0.15, 0.2) is 30.3 Å². The number of benzene rings is 1. The lowest BCUT2D eigenvalue weighted by Gasteiger charge is -2.43. The van der Waals surface area contributed by atoms with Gasteiger partial charge < -0.3 is 11.1 Å². The van der Waals surface area contributed by atoms with Gasteiger partial charge in [0, 0.05) is 17.3 Å². The van der Waals surface area contributed by atoms with Crippen molar-refractivity contribution in [3.05, 3.63) is 35.9 Å². The van der Waals surface area contributed by atoms with Gasteiger partial charge >= 0.3 is 0 Å². The van der Waals surface area contributed by atoms with Crippen LogP contribution in [0, 0.1) is 29.1 Å². The highest BCUT2D eigenvalue weighted by atomic mass is 35.5. The Kier molecular flexibility index (Phi) is 5.00. The highest BCUT2D eigenvalue weighted by Crippen LogP contribution is 2.73. The van der Waals surface area contributed by atoms with Crippen molar-refractivity contribution in [2.24, 2.45) is 34.8 Å². The van der Waals surface area contributed by atoms with Crippen molar-refractivity contribution in [3.8, 4) is 0 Å². The quantitative estimate of drug-likeness (QED) is 0.522. The van der Waals surface area contributed by atoms with E-state index in [-0.39, 0.29) is 5.41 Å². The highest BCUT2D eigenvalue weighted by Gasteiger charge is 2.69. The molecule has 0 amide bonds. The molecule has 4 heteroatoms. The number of hydrogen-bond donors (Lipinski definition) is 2. The third kappa shape index (κ3) is 2.87. The molecule has 0 spiro atoms. The lowest BCUT2D eigenvalue weighted by atomic mass is 9.62. The van der Waals surface area contributed by atoms with Crippen LogP contribution in [-0.4, -0.2) is 23.5 Å². The summed E-state index contributed by atoms with van der Waals surface area (Å²) in [5.41, 5.74) is 7.91. The van der Waals surface area contributed by atoms with Crippen molar-refractivity contribution in [3.63, 3.8) is 0 Å². The lowest BCUT2D eigenvalue weighted by Crippen LogP contribution is -2.47. The second-order valence-corrected chi connectivity index (χ2v) is 10.9. The van der Waals surface area contributed by atoms with Crippen LogP contribution in [0.25, 0.3) is 0 Å². The van der Waals surface area contributed by atoms with Crippen LogP contribution < -0.4 is 11.1 Å². The number of rotatable bonds is 5. The van der Waals surface area contributed by atoms with Crippen LogP contribution in [0.3, 0.4) is 0 Å². The van der Waals surface area contributed by atoms with Crippen LogP contribution in [0.1, 0.15) is 56.9 Å². The maximum atomic E-state index is 6.50. The van der Waals surface area contributed by atoms with Crippen molar-refractivity contribution >= 4 is 28.8 Å². The van der Waals surface area contributed by atoms with Gasteiger partial charge in [-0.15, -0.1) is 11.6 Å². The number of alkyl halides is 1. The second kappa shape index (κ2) is 7.25. The van der Waals surface area contributed by atoms with E-state index in [2.05, 4.69) is 35.6 Å². The lowest BCUT2D eigenvalue weighted by molar-refractivity contribution is 0.176. The molecule has 5 aliphatic rings. The standard InChI is InChI=1S/C24H33ClN2S/c25-13-20-17-10-23(18-4-2-1-3-5-18)12-21(20)24(11-17,15-23)22(28)27-19-8-6-16(14-26)7-9-19/h1-5,16-17,19-21H,6-15,26H2,(H,27,28). The molecule has 5 fully saturated rings. The molecule has 0 radical (unpaired) electrons. The molecule has 28 heavy (non-hydrogen) atoms. The summed E-state index contributed by atoms with van der Waals surface area (Å²) in [6, 6.07) is 11.8. The Balaban J connectivity index is 1.39. The molecule has 2 nitrogen and oxygen atoms in total.